The van der Waals surface area contributed by atoms with Gasteiger partial charge in [0.1, 0.15) is 18.0 Å². The molecule has 0 amide bonds. The summed E-state index contributed by atoms with van der Waals surface area (Å²) in [5.74, 6) is 0.0288. The van der Waals surface area contributed by atoms with Crippen LogP contribution in [0.25, 0.3) is 28.0 Å². The van der Waals surface area contributed by atoms with Gasteiger partial charge in [-0.1, -0.05) is 51.4 Å². The number of halogens is 2. The maximum Gasteiger partial charge on any atom is 0.355 e. The molecule has 1 aliphatic rings. The van der Waals surface area contributed by atoms with Crippen molar-refractivity contribution in [3.8, 4) is 16.9 Å². The Kier molecular flexibility index (Phi) is 7.15. The molecule has 5 rings (SSSR count). The number of hydrogen-bond donors (Lipinski definition) is 1. The molecule has 3 aromatic heterocycles. The van der Waals surface area contributed by atoms with Crippen molar-refractivity contribution in [2.75, 3.05) is 24.5 Å². The standard InChI is InChI=1S/C28H31ClFN7O/c1-15(2)23-25(24(16(3)4)33-14-32-23)37-27-22(26(35-28(37)38)36-11-10-31-13-17(36)5)19(29)12-21(34-27)18-8-6-7-9-20(18)30/h6-9,12,14-17,31H,10-11,13H2,1-5H3. The zero-order chi connectivity index (χ0) is 27.1. The van der Waals surface area contributed by atoms with E-state index in [2.05, 4.69) is 32.1 Å². The number of nitrogens with zero attached hydrogens (tertiary/aromatic N) is 6. The number of fused-ring (bicyclic) bond motifs is 1. The smallest absolute Gasteiger partial charge is 0.351 e. The summed E-state index contributed by atoms with van der Waals surface area (Å²) in [6.45, 7) is 12.3. The highest BCUT2D eigenvalue weighted by Crippen LogP contribution is 2.37. The highest BCUT2D eigenvalue weighted by atomic mass is 35.5. The van der Waals surface area contributed by atoms with E-state index < -0.39 is 11.5 Å². The third-order valence-electron chi connectivity index (χ3n) is 6.90. The summed E-state index contributed by atoms with van der Waals surface area (Å²) in [6.07, 6.45) is 1.52. The van der Waals surface area contributed by atoms with E-state index in [9.17, 15) is 9.18 Å². The number of anilines is 1. The molecule has 10 heteroatoms. The summed E-state index contributed by atoms with van der Waals surface area (Å²) in [6, 6.07) is 8.11. The van der Waals surface area contributed by atoms with Crippen LogP contribution in [0.5, 0.6) is 0 Å². The topological polar surface area (TPSA) is 88.8 Å². The number of hydrogen-bond acceptors (Lipinski definition) is 7. The second-order valence-electron chi connectivity index (χ2n) is 10.3. The normalized spacial score (nSPS) is 16.1. The first-order valence-electron chi connectivity index (χ1n) is 12.9. The molecule has 8 nitrogen and oxygen atoms in total. The predicted molar refractivity (Wildman–Crippen MR) is 149 cm³/mol. The Balaban J connectivity index is 1.94. The number of benzene rings is 1. The van der Waals surface area contributed by atoms with Crippen LogP contribution in [0.4, 0.5) is 10.2 Å². The minimum Gasteiger partial charge on any atom is -0.351 e. The molecular formula is C28H31ClFN7O. The van der Waals surface area contributed by atoms with Gasteiger partial charge in [-0.25, -0.2) is 28.7 Å². The molecule has 1 N–H and O–H groups in total. The van der Waals surface area contributed by atoms with E-state index in [-0.39, 0.29) is 17.9 Å². The largest absolute Gasteiger partial charge is 0.355 e. The molecule has 4 aromatic rings. The van der Waals surface area contributed by atoms with Crippen molar-refractivity contribution < 1.29 is 4.39 Å². The monoisotopic (exact) mass is 535 g/mol. The zero-order valence-corrected chi connectivity index (χ0v) is 22.9. The SMILES string of the molecule is CC(C)c1ncnc(C(C)C)c1-n1c(=O)nc(N2CCNCC2C)c2c(Cl)cc(-c3ccccc3F)nc21. The van der Waals surface area contributed by atoms with Crippen molar-refractivity contribution in [1.82, 2.24) is 29.8 Å². The third-order valence-corrected chi connectivity index (χ3v) is 7.20. The Bertz CT molecular complexity index is 1540. The lowest BCUT2D eigenvalue weighted by Gasteiger charge is -2.35. The van der Waals surface area contributed by atoms with Crippen LogP contribution in [-0.4, -0.2) is 50.2 Å². The summed E-state index contributed by atoms with van der Waals surface area (Å²) in [7, 11) is 0. The van der Waals surface area contributed by atoms with Gasteiger partial charge in [0.15, 0.2) is 5.65 Å². The Morgan fingerprint density at radius 2 is 1.76 bits per heavy atom. The second kappa shape index (κ2) is 10.4. The number of piperazine rings is 1. The fourth-order valence-electron chi connectivity index (χ4n) is 5.01. The van der Waals surface area contributed by atoms with E-state index in [0.717, 1.165) is 13.1 Å². The van der Waals surface area contributed by atoms with E-state index in [1.54, 1.807) is 24.3 Å². The summed E-state index contributed by atoms with van der Waals surface area (Å²) in [4.78, 5) is 34.6. The van der Waals surface area contributed by atoms with Gasteiger partial charge in [-0.15, -0.1) is 0 Å². The van der Waals surface area contributed by atoms with Crippen molar-refractivity contribution >= 4 is 28.5 Å². The Hall–Kier alpha value is -3.43. The highest BCUT2D eigenvalue weighted by Gasteiger charge is 2.29. The van der Waals surface area contributed by atoms with Gasteiger partial charge in [0.05, 0.1) is 33.2 Å². The van der Waals surface area contributed by atoms with E-state index in [4.69, 9.17) is 16.6 Å². The van der Waals surface area contributed by atoms with Gasteiger partial charge in [0.25, 0.3) is 0 Å². The molecule has 0 radical (unpaired) electrons. The maximum absolute atomic E-state index is 14.9. The van der Waals surface area contributed by atoms with Crippen LogP contribution in [0.1, 0.15) is 57.8 Å². The van der Waals surface area contributed by atoms with Crippen LogP contribution in [0.3, 0.4) is 0 Å². The van der Waals surface area contributed by atoms with Gasteiger partial charge in [-0.3, -0.25) is 0 Å². The average molecular weight is 536 g/mol. The van der Waals surface area contributed by atoms with Crippen LogP contribution in [0, 0.1) is 5.82 Å². The molecule has 1 saturated heterocycles. The Labute approximate surface area is 225 Å². The summed E-state index contributed by atoms with van der Waals surface area (Å²) < 4.78 is 16.3. The molecule has 1 aliphatic heterocycles. The summed E-state index contributed by atoms with van der Waals surface area (Å²) in [5, 5.41) is 4.24. The zero-order valence-electron chi connectivity index (χ0n) is 22.2. The lowest BCUT2D eigenvalue weighted by molar-refractivity contribution is 0.497. The first kappa shape index (κ1) is 26.2. The van der Waals surface area contributed by atoms with Gasteiger partial charge in [-0.2, -0.15) is 4.98 Å². The molecule has 1 unspecified atom stereocenters. The lowest BCUT2D eigenvalue weighted by atomic mass is 10.0. The molecular weight excluding hydrogens is 505 g/mol. The first-order chi connectivity index (χ1) is 18.2. The lowest BCUT2D eigenvalue weighted by Crippen LogP contribution is -2.51. The van der Waals surface area contributed by atoms with E-state index in [1.807, 2.05) is 27.7 Å². The number of aromatic nitrogens is 5. The van der Waals surface area contributed by atoms with Gasteiger partial charge in [-0.05, 0) is 37.0 Å². The highest BCUT2D eigenvalue weighted by molar-refractivity contribution is 6.36. The molecule has 0 saturated carbocycles. The molecule has 1 atom stereocenters. The molecule has 1 aromatic carbocycles. The van der Waals surface area contributed by atoms with Crippen molar-refractivity contribution in [1.29, 1.82) is 0 Å². The van der Waals surface area contributed by atoms with Gasteiger partial charge in [0.2, 0.25) is 0 Å². The van der Waals surface area contributed by atoms with E-state index in [1.165, 1.54) is 17.0 Å². The fraction of sp³-hybridized carbons (Fsp3) is 0.393. The van der Waals surface area contributed by atoms with Crippen molar-refractivity contribution in [2.45, 2.75) is 52.5 Å². The van der Waals surface area contributed by atoms with Crippen LogP contribution in [0.2, 0.25) is 5.02 Å². The molecule has 0 bridgehead atoms. The van der Waals surface area contributed by atoms with Crippen molar-refractivity contribution in [3.05, 3.63) is 69.4 Å². The number of nitrogens with one attached hydrogen (secondary N) is 1. The first-order valence-corrected chi connectivity index (χ1v) is 13.3. The molecule has 0 spiro atoms. The maximum atomic E-state index is 14.9. The third kappa shape index (κ3) is 4.54. The van der Waals surface area contributed by atoms with Gasteiger partial charge < -0.3 is 10.2 Å². The van der Waals surface area contributed by atoms with Crippen molar-refractivity contribution in [3.63, 3.8) is 0 Å². The molecule has 0 aliphatic carbocycles. The van der Waals surface area contributed by atoms with Crippen LogP contribution in [0.15, 0.2) is 41.5 Å². The number of pyridine rings is 1. The minimum absolute atomic E-state index is 0.00876. The Morgan fingerprint density at radius 1 is 1.08 bits per heavy atom. The van der Waals surface area contributed by atoms with Crippen LogP contribution < -0.4 is 15.9 Å². The van der Waals surface area contributed by atoms with Crippen molar-refractivity contribution in [2.24, 2.45) is 0 Å². The minimum atomic E-state index is -0.508. The molecule has 198 valence electrons. The predicted octanol–water partition coefficient (Wildman–Crippen LogP) is 5.08. The molecule has 4 heterocycles. The second-order valence-corrected chi connectivity index (χ2v) is 10.7. The Morgan fingerprint density at radius 3 is 2.39 bits per heavy atom. The van der Waals surface area contributed by atoms with Crippen LogP contribution in [-0.2, 0) is 0 Å². The van der Waals surface area contributed by atoms with Gasteiger partial charge >= 0.3 is 5.69 Å². The van der Waals surface area contributed by atoms with E-state index >= 15 is 0 Å². The van der Waals surface area contributed by atoms with E-state index in [0.29, 0.717) is 56.8 Å². The fourth-order valence-corrected chi connectivity index (χ4v) is 5.28. The average Bonchev–Trinajstić information content (AvgIpc) is 2.88. The van der Waals surface area contributed by atoms with Gasteiger partial charge in [0, 0.05) is 31.2 Å². The number of rotatable bonds is 5. The molecule has 38 heavy (non-hydrogen) atoms. The molecule has 1 fully saturated rings. The summed E-state index contributed by atoms with van der Waals surface area (Å²) in [5.41, 5.74) is 2.36. The quantitative estimate of drug-likeness (QED) is 0.381. The summed E-state index contributed by atoms with van der Waals surface area (Å²) >= 11 is 6.96. The van der Waals surface area contributed by atoms with Crippen LogP contribution >= 0.6 is 11.6 Å².